The molecule has 2 atom stereocenters. The van der Waals surface area contributed by atoms with Crippen molar-refractivity contribution in [3.8, 4) is 0 Å². The normalized spacial score (nSPS) is 25.7. The van der Waals surface area contributed by atoms with Crippen LogP contribution in [-0.2, 0) is 10.0 Å². The van der Waals surface area contributed by atoms with E-state index in [9.17, 15) is 8.42 Å². The van der Waals surface area contributed by atoms with Gasteiger partial charge in [-0.15, -0.1) is 0 Å². The summed E-state index contributed by atoms with van der Waals surface area (Å²) in [7, 11) is -3.14. The Morgan fingerprint density at radius 2 is 2.13 bits per heavy atom. The summed E-state index contributed by atoms with van der Waals surface area (Å²) in [6.07, 6.45) is 2.66. The SMILES string of the molecule is CCC1CCN(S(=O)(=O)C(CC)CN)C1. The average molecular weight is 234 g/mol. The highest BCUT2D eigenvalue weighted by molar-refractivity contribution is 7.89. The first-order valence-electron chi connectivity index (χ1n) is 5.75. The Balaban J connectivity index is 2.71. The molecule has 0 aromatic rings. The molecule has 0 saturated carbocycles. The highest BCUT2D eigenvalue weighted by atomic mass is 32.2. The van der Waals surface area contributed by atoms with Gasteiger partial charge in [0, 0.05) is 19.6 Å². The highest BCUT2D eigenvalue weighted by Crippen LogP contribution is 2.24. The van der Waals surface area contributed by atoms with Crippen LogP contribution >= 0.6 is 0 Å². The van der Waals surface area contributed by atoms with Gasteiger partial charge in [-0.2, -0.15) is 0 Å². The van der Waals surface area contributed by atoms with Gasteiger partial charge in [0.25, 0.3) is 0 Å². The summed E-state index contributed by atoms with van der Waals surface area (Å²) in [6, 6.07) is 0. The molecule has 1 aliphatic heterocycles. The van der Waals surface area contributed by atoms with Crippen LogP contribution in [-0.4, -0.2) is 37.6 Å². The predicted molar refractivity (Wildman–Crippen MR) is 62.0 cm³/mol. The first-order chi connectivity index (χ1) is 7.06. The minimum Gasteiger partial charge on any atom is -0.329 e. The van der Waals surface area contributed by atoms with Gasteiger partial charge >= 0.3 is 0 Å². The van der Waals surface area contributed by atoms with E-state index in [0.29, 0.717) is 25.4 Å². The summed E-state index contributed by atoms with van der Waals surface area (Å²) in [5.74, 6) is 0.537. The standard InChI is InChI=1S/C10H22N2O2S/c1-3-9-5-6-12(8-9)15(13,14)10(4-2)7-11/h9-10H,3-8,11H2,1-2H3. The third kappa shape index (κ3) is 2.71. The van der Waals surface area contributed by atoms with Crippen LogP contribution in [0.1, 0.15) is 33.1 Å². The molecular weight excluding hydrogens is 212 g/mol. The summed E-state index contributed by atoms with van der Waals surface area (Å²) >= 11 is 0. The van der Waals surface area contributed by atoms with E-state index in [1.54, 1.807) is 4.31 Å². The summed E-state index contributed by atoms with van der Waals surface area (Å²) in [5.41, 5.74) is 5.50. The van der Waals surface area contributed by atoms with Gasteiger partial charge in [0.05, 0.1) is 5.25 Å². The van der Waals surface area contributed by atoms with Crippen LogP contribution in [0.2, 0.25) is 0 Å². The van der Waals surface area contributed by atoms with Crippen LogP contribution in [0.5, 0.6) is 0 Å². The summed E-state index contributed by atoms with van der Waals surface area (Å²) < 4.78 is 25.8. The largest absolute Gasteiger partial charge is 0.329 e. The number of hydrogen-bond donors (Lipinski definition) is 1. The van der Waals surface area contributed by atoms with E-state index >= 15 is 0 Å². The van der Waals surface area contributed by atoms with Gasteiger partial charge in [0.15, 0.2) is 0 Å². The molecule has 5 heteroatoms. The number of sulfonamides is 1. The van der Waals surface area contributed by atoms with Gasteiger partial charge in [-0.25, -0.2) is 12.7 Å². The first-order valence-corrected chi connectivity index (χ1v) is 7.25. The summed E-state index contributed by atoms with van der Waals surface area (Å²) in [5, 5.41) is -0.395. The van der Waals surface area contributed by atoms with E-state index in [0.717, 1.165) is 12.8 Å². The molecule has 1 heterocycles. The minimum absolute atomic E-state index is 0.228. The molecule has 0 aromatic carbocycles. The third-order valence-electron chi connectivity index (χ3n) is 3.33. The van der Waals surface area contributed by atoms with Gasteiger partial charge in [-0.3, -0.25) is 0 Å². The molecule has 1 fully saturated rings. The first kappa shape index (κ1) is 12.9. The van der Waals surface area contributed by atoms with Crippen molar-refractivity contribution in [3.63, 3.8) is 0 Å². The average Bonchev–Trinajstić information content (AvgIpc) is 2.67. The van der Waals surface area contributed by atoms with Crippen LogP contribution < -0.4 is 5.73 Å². The van der Waals surface area contributed by atoms with Crippen molar-refractivity contribution >= 4 is 10.0 Å². The lowest BCUT2D eigenvalue weighted by Gasteiger charge is -2.22. The molecule has 0 amide bonds. The number of nitrogens with zero attached hydrogens (tertiary/aromatic N) is 1. The van der Waals surface area contributed by atoms with Crippen LogP contribution in [0.3, 0.4) is 0 Å². The lowest BCUT2D eigenvalue weighted by Crippen LogP contribution is -2.40. The summed E-state index contributed by atoms with van der Waals surface area (Å²) in [4.78, 5) is 0. The van der Waals surface area contributed by atoms with Gasteiger partial charge in [0.2, 0.25) is 10.0 Å². The lowest BCUT2D eigenvalue weighted by atomic mass is 10.1. The fourth-order valence-corrected chi connectivity index (χ4v) is 3.94. The van der Waals surface area contributed by atoms with Gasteiger partial charge in [-0.05, 0) is 18.8 Å². The monoisotopic (exact) mass is 234 g/mol. The number of rotatable bonds is 5. The summed E-state index contributed by atoms with van der Waals surface area (Å²) in [6.45, 7) is 5.59. The molecule has 2 N–H and O–H groups in total. The number of hydrogen-bond acceptors (Lipinski definition) is 3. The van der Waals surface area contributed by atoms with E-state index in [-0.39, 0.29) is 6.54 Å². The van der Waals surface area contributed by atoms with E-state index < -0.39 is 15.3 Å². The Morgan fingerprint density at radius 3 is 2.53 bits per heavy atom. The quantitative estimate of drug-likeness (QED) is 0.765. The Bertz CT molecular complexity index is 286. The lowest BCUT2D eigenvalue weighted by molar-refractivity contribution is 0.442. The third-order valence-corrected chi connectivity index (χ3v) is 5.74. The zero-order chi connectivity index (χ0) is 11.5. The molecule has 1 aliphatic rings. The fraction of sp³-hybridized carbons (Fsp3) is 1.00. The van der Waals surface area contributed by atoms with E-state index in [1.165, 1.54) is 0 Å². The molecule has 90 valence electrons. The molecule has 4 nitrogen and oxygen atoms in total. The van der Waals surface area contributed by atoms with Crippen molar-refractivity contribution in [1.82, 2.24) is 4.31 Å². The molecule has 0 aromatic heterocycles. The molecule has 0 bridgehead atoms. The van der Waals surface area contributed by atoms with Gasteiger partial charge in [0.1, 0.15) is 0 Å². The molecule has 2 unspecified atom stereocenters. The van der Waals surface area contributed by atoms with Crippen molar-refractivity contribution in [2.75, 3.05) is 19.6 Å². The minimum atomic E-state index is -3.14. The van der Waals surface area contributed by atoms with Gasteiger partial charge < -0.3 is 5.73 Å². The zero-order valence-corrected chi connectivity index (χ0v) is 10.5. The smallest absolute Gasteiger partial charge is 0.218 e. The second-order valence-corrected chi connectivity index (χ2v) is 6.44. The van der Waals surface area contributed by atoms with Crippen molar-refractivity contribution in [2.45, 2.75) is 38.4 Å². The molecule has 0 radical (unpaired) electrons. The van der Waals surface area contributed by atoms with Crippen LogP contribution in [0.25, 0.3) is 0 Å². The van der Waals surface area contributed by atoms with E-state index in [1.807, 2.05) is 6.92 Å². The molecular formula is C10H22N2O2S. The maximum absolute atomic E-state index is 12.1. The molecule has 1 rings (SSSR count). The highest BCUT2D eigenvalue weighted by Gasteiger charge is 2.34. The number of nitrogens with two attached hydrogens (primary N) is 1. The van der Waals surface area contributed by atoms with Crippen molar-refractivity contribution in [3.05, 3.63) is 0 Å². The Morgan fingerprint density at radius 1 is 1.47 bits per heavy atom. The second-order valence-electron chi connectivity index (χ2n) is 4.23. The maximum atomic E-state index is 12.1. The van der Waals surface area contributed by atoms with Crippen LogP contribution in [0.4, 0.5) is 0 Å². The van der Waals surface area contributed by atoms with E-state index in [2.05, 4.69) is 6.92 Å². The molecule has 1 saturated heterocycles. The van der Waals surface area contributed by atoms with E-state index in [4.69, 9.17) is 5.73 Å². The Kier molecular flexibility index (Phi) is 4.55. The molecule has 15 heavy (non-hydrogen) atoms. The zero-order valence-electron chi connectivity index (χ0n) is 9.65. The Labute approximate surface area is 92.9 Å². The van der Waals surface area contributed by atoms with Gasteiger partial charge in [-0.1, -0.05) is 20.3 Å². The van der Waals surface area contributed by atoms with Crippen LogP contribution in [0.15, 0.2) is 0 Å². The second kappa shape index (κ2) is 5.27. The van der Waals surface area contributed by atoms with Crippen molar-refractivity contribution in [1.29, 1.82) is 0 Å². The Hall–Kier alpha value is -0.130. The fourth-order valence-electron chi connectivity index (χ4n) is 2.07. The molecule has 0 aliphatic carbocycles. The van der Waals surface area contributed by atoms with Crippen molar-refractivity contribution in [2.24, 2.45) is 11.7 Å². The van der Waals surface area contributed by atoms with Crippen LogP contribution in [0, 0.1) is 5.92 Å². The predicted octanol–water partition coefficient (Wildman–Crippen LogP) is 0.785. The topological polar surface area (TPSA) is 63.4 Å². The molecule has 0 spiro atoms. The van der Waals surface area contributed by atoms with Crippen molar-refractivity contribution < 1.29 is 8.42 Å². The maximum Gasteiger partial charge on any atom is 0.218 e.